The number of carbonyl (C=O) groups is 2. The zero-order chi connectivity index (χ0) is 19.6. The third-order valence-electron chi connectivity index (χ3n) is 4.00. The van der Waals surface area contributed by atoms with Crippen LogP contribution in [0.25, 0.3) is 0 Å². The molecule has 9 heteroatoms. The minimum Gasteiger partial charge on any atom is -0.508 e. The number of phenolic OH excluding ortho intramolecular Hbond substituents is 2. The standard InChI is InChI=1S/C18H18O8.H2O/c1-9-3-5-11(19)7-13(9)18(17(24)25,15(21)16(22)23)26-14-8-12(20)6-4-10(14)2;/h3-8,15,19-21H,1-2H3,(H,22,23)(H,24,25);1H2. The van der Waals surface area contributed by atoms with Gasteiger partial charge >= 0.3 is 11.9 Å². The number of aliphatic carboxylic acids is 2. The number of aliphatic hydroxyl groups excluding tert-OH is 1. The number of aromatic hydroxyl groups is 2. The molecular formula is C18H20O9. The fraction of sp³-hybridized carbons (Fsp3) is 0.222. The molecule has 0 aliphatic carbocycles. The van der Waals surface area contributed by atoms with E-state index in [1.54, 1.807) is 6.92 Å². The molecule has 0 radical (unpaired) electrons. The van der Waals surface area contributed by atoms with Crippen LogP contribution in [0.4, 0.5) is 0 Å². The van der Waals surface area contributed by atoms with Crippen molar-refractivity contribution in [1.29, 1.82) is 0 Å². The van der Waals surface area contributed by atoms with Crippen molar-refractivity contribution in [3.05, 3.63) is 53.1 Å². The molecule has 2 aromatic carbocycles. The van der Waals surface area contributed by atoms with E-state index in [1.807, 2.05) is 0 Å². The lowest BCUT2D eigenvalue weighted by molar-refractivity contribution is -0.180. The highest BCUT2D eigenvalue weighted by Gasteiger charge is 2.55. The molecule has 27 heavy (non-hydrogen) atoms. The first kappa shape index (κ1) is 21.7. The van der Waals surface area contributed by atoms with Crippen molar-refractivity contribution in [2.75, 3.05) is 0 Å². The van der Waals surface area contributed by atoms with Gasteiger partial charge in [-0.05, 0) is 43.2 Å². The first-order chi connectivity index (χ1) is 12.1. The molecule has 0 aliphatic rings. The Bertz CT molecular complexity index is 862. The van der Waals surface area contributed by atoms with Gasteiger partial charge in [0.15, 0.2) is 0 Å². The fourth-order valence-corrected chi connectivity index (χ4v) is 2.59. The molecule has 9 nitrogen and oxygen atoms in total. The molecular weight excluding hydrogens is 360 g/mol. The van der Waals surface area contributed by atoms with Crippen molar-refractivity contribution < 1.29 is 45.3 Å². The zero-order valence-electron chi connectivity index (χ0n) is 14.5. The van der Waals surface area contributed by atoms with E-state index in [-0.39, 0.29) is 33.9 Å². The van der Waals surface area contributed by atoms with E-state index >= 15 is 0 Å². The number of rotatable bonds is 6. The van der Waals surface area contributed by atoms with Gasteiger partial charge in [-0.1, -0.05) is 12.1 Å². The summed E-state index contributed by atoms with van der Waals surface area (Å²) in [6.07, 6.45) is -2.50. The highest BCUT2D eigenvalue weighted by Crippen LogP contribution is 2.38. The van der Waals surface area contributed by atoms with E-state index in [2.05, 4.69) is 0 Å². The van der Waals surface area contributed by atoms with E-state index in [0.717, 1.165) is 12.1 Å². The van der Waals surface area contributed by atoms with Crippen LogP contribution in [0.15, 0.2) is 36.4 Å². The predicted molar refractivity (Wildman–Crippen MR) is 92.9 cm³/mol. The van der Waals surface area contributed by atoms with Crippen molar-refractivity contribution in [3.8, 4) is 17.2 Å². The number of hydrogen-bond acceptors (Lipinski definition) is 6. The molecule has 146 valence electrons. The van der Waals surface area contributed by atoms with Gasteiger partial charge in [0.05, 0.1) is 0 Å². The molecule has 7 N–H and O–H groups in total. The number of hydrogen-bond donors (Lipinski definition) is 5. The van der Waals surface area contributed by atoms with E-state index in [1.165, 1.54) is 31.2 Å². The van der Waals surface area contributed by atoms with E-state index < -0.39 is 23.6 Å². The molecule has 0 aromatic heterocycles. The Labute approximate surface area is 154 Å². The molecule has 0 heterocycles. The van der Waals surface area contributed by atoms with Crippen molar-refractivity contribution in [2.45, 2.75) is 25.6 Å². The Morgan fingerprint density at radius 3 is 2.00 bits per heavy atom. The monoisotopic (exact) mass is 380 g/mol. The average molecular weight is 380 g/mol. The van der Waals surface area contributed by atoms with Crippen LogP contribution in [-0.2, 0) is 15.2 Å². The third kappa shape index (κ3) is 3.94. The summed E-state index contributed by atoms with van der Waals surface area (Å²) in [5, 5.41) is 48.8. The lowest BCUT2D eigenvalue weighted by Gasteiger charge is -2.34. The smallest absolute Gasteiger partial charge is 0.356 e. The fourth-order valence-electron chi connectivity index (χ4n) is 2.59. The maximum absolute atomic E-state index is 12.1. The summed E-state index contributed by atoms with van der Waals surface area (Å²) in [7, 11) is 0. The summed E-state index contributed by atoms with van der Waals surface area (Å²) < 4.78 is 5.52. The molecule has 0 saturated carbocycles. The summed E-state index contributed by atoms with van der Waals surface area (Å²) in [6.45, 7) is 3.05. The maximum atomic E-state index is 12.1. The number of phenols is 2. The molecule has 2 atom stereocenters. The molecule has 2 rings (SSSR count). The number of carboxylic acid groups (broad SMARTS) is 2. The van der Waals surface area contributed by atoms with Gasteiger partial charge < -0.3 is 35.7 Å². The van der Waals surface area contributed by atoms with Crippen LogP contribution in [0.2, 0.25) is 0 Å². The van der Waals surface area contributed by atoms with Gasteiger partial charge in [0.1, 0.15) is 17.2 Å². The molecule has 0 spiro atoms. The number of aryl methyl sites for hydroxylation is 2. The SMILES string of the molecule is Cc1ccc(O)cc1OC(C(=O)O)(c1cc(O)ccc1C)C(O)C(=O)O.O. The van der Waals surface area contributed by atoms with Crippen molar-refractivity contribution in [3.63, 3.8) is 0 Å². The molecule has 0 saturated heterocycles. The van der Waals surface area contributed by atoms with Gasteiger partial charge in [0, 0.05) is 11.6 Å². The Kier molecular flexibility index (Phi) is 6.39. The first-order valence-electron chi connectivity index (χ1n) is 7.52. The highest BCUT2D eigenvalue weighted by molar-refractivity contribution is 5.89. The molecule has 2 unspecified atom stereocenters. The Balaban J connectivity index is 0.00000364. The van der Waals surface area contributed by atoms with Gasteiger partial charge in [-0.15, -0.1) is 0 Å². The van der Waals surface area contributed by atoms with E-state index in [0.29, 0.717) is 5.56 Å². The second-order valence-corrected chi connectivity index (χ2v) is 5.83. The number of carboxylic acids is 2. The van der Waals surface area contributed by atoms with Gasteiger partial charge in [0.25, 0.3) is 5.60 Å². The lowest BCUT2D eigenvalue weighted by Crippen LogP contribution is -2.55. The van der Waals surface area contributed by atoms with Gasteiger partial charge in [-0.3, -0.25) is 0 Å². The molecule has 2 aromatic rings. The van der Waals surface area contributed by atoms with Crippen molar-refractivity contribution in [2.24, 2.45) is 0 Å². The van der Waals surface area contributed by atoms with Crippen LogP contribution in [-0.4, -0.2) is 49.1 Å². The number of benzene rings is 2. The Morgan fingerprint density at radius 2 is 1.48 bits per heavy atom. The highest BCUT2D eigenvalue weighted by atomic mass is 16.5. The first-order valence-corrected chi connectivity index (χ1v) is 7.52. The van der Waals surface area contributed by atoms with Crippen LogP contribution in [0.1, 0.15) is 16.7 Å². The van der Waals surface area contributed by atoms with Gasteiger partial charge in [0.2, 0.25) is 6.10 Å². The quantitative estimate of drug-likeness (QED) is 0.486. The summed E-state index contributed by atoms with van der Waals surface area (Å²) in [5.41, 5.74) is -2.30. The summed E-state index contributed by atoms with van der Waals surface area (Å²) in [5.74, 6) is -4.29. The average Bonchev–Trinajstić information content (AvgIpc) is 2.57. The molecule has 0 bridgehead atoms. The minimum atomic E-state index is -2.76. The van der Waals surface area contributed by atoms with Crippen molar-refractivity contribution in [1.82, 2.24) is 0 Å². The van der Waals surface area contributed by atoms with Crippen molar-refractivity contribution >= 4 is 11.9 Å². The minimum absolute atomic E-state index is 0. The second-order valence-electron chi connectivity index (χ2n) is 5.83. The summed E-state index contributed by atoms with van der Waals surface area (Å²) >= 11 is 0. The molecule has 0 amide bonds. The largest absolute Gasteiger partial charge is 0.508 e. The zero-order valence-corrected chi connectivity index (χ0v) is 14.5. The maximum Gasteiger partial charge on any atom is 0.356 e. The van der Waals surface area contributed by atoms with Crippen LogP contribution in [0.5, 0.6) is 17.2 Å². The predicted octanol–water partition coefficient (Wildman–Crippen LogP) is 0.694. The van der Waals surface area contributed by atoms with Gasteiger partial charge in [-0.2, -0.15) is 0 Å². The topological polar surface area (TPSA) is 176 Å². The van der Waals surface area contributed by atoms with Crippen LogP contribution in [0.3, 0.4) is 0 Å². The molecule has 0 fully saturated rings. The summed E-state index contributed by atoms with van der Waals surface area (Å²) in [4.78, 5) is 23.6. The van der Waals surface area contributed by atoms with E-state index in [9.17, 15) is 35.1 Å². The third-order valence-corrected chi connectivity index (χ3v) is 4.00. The molecule has 0 aliphatic heterocycles. The van der Waals surface area contributed by atoms with Gasteiger partial charge in [-0.25, -0.2) is 9.59 Å². The van der Waals surface area contributed by atoms with Crippen LogP contribution < -0.4 is 4.74 Å². The normalized spacial score (nSPS) is 13.7. The second kappa shape index (κ2) is 7.94. The van der Waals surface area contributed by atoms with Crippen LogP contribution in [0, 0.1) is 13.8 Å². The summed E-state index contributed by atoms with van der Waals surface area (Å²) in [6, 6.07) is 7.58. The van der Waals surface area contributed by atoms with Crippen LogP contribution >= 0.6 is 0 Å². The number of ether oxygens (including phenoxy) is 1. The number of aliphatic hydroxyl groups is 1. The Morgan fingerprint density at radius 1 is 0.963 bits per heavy atom. The lowest BCUT2D eigenvalue weighted by atomic mass is 9.84. The van der Waals surface area contributed by atoms with E-state index in [4.69, 9.17) is 4.74 Å². The Hall–Kier alpha value is -3.30.